The van der Waals surface area contributed by atoms with E-state index in [1.54, 1.807) is 0 Å². The molecule has 5 aliphatic rings. The lowest BCUT2D eigenvalue weighted by atomic mass is 9.53. The van der Waals surface area contributed by atoms with E-state index in [-0.39, 0.29) is 11.6 Å². The Bertz CT molecular complexity index is 675. The number of hydrogen-bond acceptors (Lipinski definition) is 2. The van der Waals surface area contributed by atoms with Crippen LogP contribution < -0.4 is 10.6 Å². The van der Waals surface area contributed by atoms with Crippen LogP contribution in [0.1, 0.15) is 63.4 Å². The standard InChI is InChI=1S/C26H39N3O/c30-25(28-26-17-22-14-23(18-26)16-24(15-22)19-26)27-9-4-10-29-11-7-21(8-12-29)13-20-5-2-1-3-6-20/h1-3,5-6,21-24H,4,7-19H2,(H2,27,28,30). The highest BCUT2D eigenvalue weighted by Gasteiger charge is 2.51. The molecule has 6 rings (SSSR count). The van der Waals surface area contributed by atoms with E-state index in [4.69, 9.17) is 0 Å². The molecule has 1 aromatic carbocycles. The van der Waals surface area contributed by atoms with Gasteiger partial charge in [-0.2, -0.15) is 0 Å². The minimum atomic E-state index is 0.0820. The third-order valence-corrected chi connectivity index (χ3v) is 8.43. The minimum absolute atomic E-state index is 0.0820. The van der Waals surface area contributed by atoms with Crippen molar-refractivity contribution in [2.75, 3.05) is 26.2 Å². The first-order valence-corrected chi connectivity index (χ1v) is 12.5. The Morgan fingerprint density at radius 3 is 2.23 bits per heavy atom. The van der Waals surface area contributed by atoms with Crippen LogP contribution in [-0.2, 0) is 6.42 Å². The summed E-state index contributed by atoms with van der Waals surface area (Å²) in [5.74, 6) is 3.46. The molecule has 1 aliphatic heterocycles. The largest absolute Gasteiger partial charge is 0.338 e. The van der Waals surface area contributed by atoms with Gasteiger partial charge in [0.15, 0.2) is 0 Å². The summed E-state index contributed by atoms with van der Waals surface area (Å²) in [5, 5.41) is 6.59. The molecule has 0 spiro atoms. The lowest BCUT2D eigenvalue weighted by molar-refractivity contribution is -0.0135. The van der Waals surface area contributed by atoms with Crippen molar-refractivity contribution in [3.05, 3.63) is 35.9 Å². The smallest absolute Gasteiger partial charge is 0.315 e. The van der Waals surface area contributed by atoms with Gasteiger partial charge in [-0.15, -0.1) is 0 Å². The average Bonchev–Trinajstić information content (AvgIpc) is 2.72. The number of amides is 2. The van der Waals surface area contributed by atoms with Crippen LogP contribution in [0.15, 0.2) is 30.3 Å². The predicted octanol–water partition coefficient (Wildman–Crippen LogP) is 4.60. The number of carbonyl (C=O) groups excluding carboxylic acids is 1. The summed E-state index contributed by atoms with van der Waals surface area (Å²) < 4.78 is 0. The van der Waals surface area contributed by atoms with Crippen LogP contribution in [0.3, 0.4) is 0 Å². The molecule has 0 atom stereocenters. The van der Waals surface area contributed by atoms with Gasteiger partial charge in [-0.05, 0) is 113 Å². The van der Waals surface area contributed by atoms with Crippen molar-refractivity contribution in [3.8, 4) is 0 Å². The van der Waals surface area contributed by atoms with Crippen LogP contribution in [0, 0.1) is 23.7 Å². The van der Waals surface area contributed by atoms with Crippen molar-refractivity contribution in [1.82, 2.24) is 15.5 Å². The maximum Gasteiger partial charge on any atom is 0.315 e. The number of benzene rings is 1. The summed E-state index contributed by atoms with van der Waals surface area (Å²) in [5.41, 5.74) is 1.60. The Morgan fingerprint density at radius 2 is 1.60 bits per heavy atom. The number of nitrogens with one attached hydrogen (secondary N) is 2. The molecule has 164 valence electrons. The second-order valence-corrected chi connectivity index (χ2v) is 10.9. The molecule has 1 heterocycles. The van der Waals surface area contributed by atoms with E-state index in [2.05, 4.69) is 45.9 Å². The van der Waals surface area contributed by atoms with Gasteiger partial charge >= 0.3 is 6.03 Å². The van der Waals surface area contributed by atoms with E-state index < -0.39 is 0 Å². The Kier molecular flexibility index (Phi) is 6.04. The third kappa shape index (κ3) is 4.85. The number of hydrogen-bond donors (Lipinski definition) is 2. The normalized spacial score (nSPS) is 33.5. The topological polar surface area (TPSA) is 44.4 Å². The fraction of sp³-hybridized carbons (Fsp3) is 0.731. The molecule has 4 heteroatoms. The maximum atomic E-state index is 12.6. The average molecular weight is 410 g/mol. The zero-order valence-corrected chi connectivity index (χ0v) is 18.5. The van der Waals surface area contributed by atoms with Gasteiger partial charge in [-0.25, -0.2) is 4.79 Å². The fourth-order valence-electron chi connectivity index (χ4n) is 7.41. The van der Waals surface area contributed by atoms with Gasteiger partial charge in [0, 0.05) is 12.1 Å². The van der Waals surface area contributed by atoms with Crippen LogP contribution in [0.4, 0.5) is 4.79 Å². The first-order chi connectivity index (χ1) is 14.7. The van der Waals surface area contributed by atoms with Gasteiger partial charge in [-0.1, -0.05) is 30.3 Å². The number of likely N-dealkylation sites (tertiary alicyclic amines) is 1. The molecule has 2 N–H and O–H groups in total. The Morgan fingerprint density at radius 1 is 0.967 bits per heavy atom. The van der Waals surface area contributed by atoms with E-state index in [0.717, 1.165) is 43.2 Å². The lowest BCUT2D eigenvalue weighted by Gasteiger charge is -2.56. The van der Waals surface area contributed by atoms with Crippen molar-refractivity contribution in [3.63, 3.8) is 0 Å². The molecule has 2 amide bonds. The van der Waals surface area contributed by atoms with Crippen LogP contribution in [0.2, 0.25) is 0 Å². The van der Waals surface area contributed by atoms with E-state index >= 15 is 0 Å². The molecule has 4 saturated carbocycles. The molecule has 0 radical (unpaired) electrons. The summed E-state index contributed by atoms with van der Waals surface area (Å²) >= 11 is 0. The van der Waals surface area contributed by atoms with Gasteiger partial charge < -0.3 is 15.5 Å². The lowest BCUT2D eigenvalue weighted by Crippen LogP contribution is -2.61. The zero-order chi connectivity index (χ0) is 20.4. The summed E-state index contributed by atoms with van der Waals surface area (Å²) in [7, 11) is 0. The molecule has 0 unspecified atom stereocenters. The van der Waals surface area contributed by atoms with E-state index in [1.165, 1.54) is 76.4 Å². The Hall–Kier alpha value is -1.55. The van der Waals surface area contributed by atoms with Crippen LogP contribution in [0.25, 0.3) is 0 Å². The van der Waals surface area contributed by atoms with E-state index in [1.807, 2.05) is 0 Å². The van der Waals surface area contributed by atoms with Crippen LogP contribution in [-0.4, -0.2) is 42.6 Å². The second kappa shape index (κ2) is 8.90. The quantitative estimate of drug-likeness (QED) is 0.647. The molecule has 4 aliphatic carbocycles. The SMILES string of the molecule is O=C(NCCCN1CCC(Cc2ccccc2)CC1)NC12CC3CC(CC(C3)C1)C2. The van der Waals surface area contributed by atoms with Crippen LogP contribution >= 0.6 is 0 Å². The molecule has 5 fully saturated rings. The maximum absolute atomic E-state index is 12.6. The molecule has 4 nitrogen and oxygen atoms in total. The number of nitrogens with zero attached hydrogens (tertiary/aromatic N) is 1. The summed E-state index contributed by atoms with van der Waals surface area (Å²) in [6, 6.07) is 11.0. The number of piperidine rings is 1. The molecule has 1 saturated heterocycles. The van der Waals surface area contributed by atoms with Crippen LogP contribution in [0.5, 0.6) is 0 Å². The van der Waals surface area contributed by atoms with Crippen molar-refractivity contribution < 1.29 is 4.79 Å². The summed E-state index contributed by atoms with van der Waals surface area (Å²) in [6.45, 7) is 4.31. The van der Waals surface area contributed by atoms with Crippen molar-refractivity contribution in [1.29, 1.82) is 0 Å². The van der Waals surface area contributed by atoms with Gasteiger partial charge in [0.2, 0.25) is 0 Å². The molecule has 4 bridgehead atoms. The van der Waals surface area contributed by atoms with Gasteiger partial charge in [-0.3, -0.25) is 0 Å². The third-order valence-electron chi connectivity index (χ3n) is 8.43. The highest BCUT2D eigenvalue weighted by atomic mass is 16.2. The molecule has 0 aromatic heterocycles. The van der Waals surface area contributed by atoms with Crippen molar-refractivity contribution >= 4 is 6.03 Å². The predicted molar refractivity (Wildman–Crippen MR) is 121 cm³/mol. The summed E-state index contributed by atoms with van der Waals surface area (Å²) in [6.07, 6.45) is 12.8. The fourth-order valence-corrected chi connectivity index (χ4v) is 7.41. The van der Waals surface area contributed by atoms with Crippen molar-refractivity contribution in [2.24, 2.45) is 23.7 Å². The molecule has 30 heavy (non-hydrogen) atoms. The Balaban J connectivity index is 0.972. The van der Waals surface area contributed by atoms with Gasteiger partial charge in [0.05, 0.1) is 0 Å². The zero-order valence-electron chi connectivity index (χ0n) is 18.5. The number of rotatable bonds is 7. The van der Waals surface area contributed by atoms with Crippen molar-refractivity contribution in [2.45, 2.75) is 69.7 Å². The first-order valence-electron chi connectivity index (χ1n) is 12.5. The highest BCUT2D eigenvalue weighted by molar-refractivity contribution is 5.74. The first kappa shape index (κ1) is 20.4. The van der Waals surface area contributed by atoms with Gasteiger partial charge in [0.1, 0.15) is 0 Å². The minimum Gasteiger partial charge on any atom is -0.338 e. The molecular weight excluding hydrogens is 370 g/mol. The molecule has 1 aromatic rings. The number of carbonyl (C=O) groups is 1. The monoisotopic (exact) mass is 409 g/mol. The summed E-state index contributed by atoms with van der Waals surface area (Å²) in [4.78, 5) is 15.1. The second-order valence-electron chi connectivity index (χ2n) is 10.9. The highest BCUT2D eigenvalue weighted by Crippen LogP contribution is 2.55. The Labute approximate surface area is 182 Å². The number of urea groups is 1. The van der Waals surface area contributed by atoms with Gasteiger partial charge in [0.25, 0.3) is 0 Å². The van der Waals surface area contributed by atoms with E-state index in [0.29, 0.717) is 0 Å². The van der Waals surface area contributed by atoms with E-state index in [9.17, 15) is 4.79 Å². The molecular formula is C26H39N3O.